The van der Waals surface area contributed by atoms with E-state index in [4.69, 9.17) is 0 Å². The lowest BCUT2D eigenvalue weighted by Crippen LogP contribution is -2.14. The number of benzene rings is 2. The number of aromatic nitrogens is 4. The van der Waals surface area contributed by atoms with Crippen LogP contribution in [0, 0.1) is 0 Å². The average Bonchev–Trinajstić information content (AvgIpc) is 3.15. The first-order valence-corrected chi connectivity index (χ1v) is 10.8. The molecule has 0 radical (unpaired) electrons. The van der Waals surface area contributed by atoms with Gasteiger partial charge in [0.1, 0.15) is 0 Å². The summed E-state index contributed by atoms with van der Waals surface area (Å²) in [6.07, 6.45) is 0. The van der Waals surface area contributed by atoms with Gasteiger partial charge in [-0.2, -0.15) is 9.61 Å². The molecule has 2 aromatic carbocycles. The Bertz CT molecular complexity index is 1220. The molecule has 1 N–H and O–H groups in total. The minimum absolute atomic E-state index is 0.0166. The summed E-state index contributed by atoms with van der Waals surface area (Å²) < 4.78 is 2.63. The fourth-order valence-corrected chi connectivity index (χ4v) is 3.70. The zero-order valence-corrected chi connectivity index (χ0v) is 18.3. The number of hydrogen-bond donors (Lipinski definition) is 1. The summed E-state index contributed by atoms with van der Waals surface area (Å²) in [5.41, 5.74) is 3.60. The van der Waals surface area contributed by atoms with E-state index in [1.54, 1.807) is 28.8 Å². The number of carbonyl (C=O) groups is 2. The molecule has 0 saturated heterocycles. The second kappa shape index (κ2) is 8.76. The normalized spacial score (nSPS) is 10.9. The van der Waals surface area contributed by atoms with Gasteiger partial charge in [0.25, 0.3) is 0 Å². The molecule has 0 unspecified atom stereocenters. The van der Waals surface area contributed by atoms with Crippen molar-refractivity contribution in [1.82, 2.24) is 19.8 Å². The number of Topliss-reactive ketones (excluding diaryl/α,β-unsaturated/α-hetero) is 1. The molecule has 0 atom stereocenters. The van der Waals surface area contributed by atoms with E-state index < -0.39 is 0 Å². The molecule has 0 fully saturated rings. The zero-order chi connectivity index (χ0) is 21.1. The quantitative estimate of drug-likeness (QED) is 0.322. The second-order valence-electron chi connectivity index (χ2n) is 6.45. The highest BCUT2D eigenvalue weighted by molar-refractivity contribution is 9.10. The first-order valence-electron chi connectivity index (χ1n) is 9.02. The molecule has 0 aliphatic heterocycles. The number of nitrogens with one attached hydrogen (secondary N) is 1. The van der Waals surface area contributed by atoms with Crippen LogP contribution in [0.4, 0.5) is 5.69 Å². The summed E-state index contributed by atoms with van der Waals surface area (Å²) in [6.45, 7) is 1.50. The van der Waals surface area contributed by atoms with Crippen molar-refractivity contribution in [3.63, 3.8) is 0 Å². The molecule has 0 bridgehead atoms. The highest BCUT2D eigenvalue weighted by atomic mass is 79.9. The van der Waals surface area contributed by atoms with Gasteiger partial charge in [0.2, 0.25) is 11.1 Å². The van der Waals surface area contributed by atoms with Crippen molar-refractivity contribution in [2.75, 3.05) is 11.1 Å². The molecular weight excluding hydrogens is 466 g/mol. The second-order valence-corrected chi connectivity index (χ2v) is 8.31. The number of ketones is 1. The molecule has 150 valence electrons. The Balaban J connectivity index is 1.45. The molecule has 0 spiro atoms. The van der Waals surface area contributed by atoms with E-state index in [1.165, 1.54) is 18.7 Å². The monoisotopic (exact) mass is 481 g/mol. The standard InChI is InChI=1S/C21H16BrN5O2S/c1-13(28)14-4-8-17(9-5-14)23-20(29)12-30-21-25-24-19-11-10-18(26-27(19)21)15-2-6-16(22)7-3-15/h2-11H,12H2,1H3,(H,23,29). The highest BCUT2D eigenvalue weighted by Gasteiger charge is 2.12. The smallest absolute Gasteiger partial charge is 0.234 e. The van der Waals surface area contributed by atoms with Crippen LogP contribution in [0.3, 0.4) is 0 Å². The van der Waals surface area contributed by atoms with Gasteiger partial charge in [-0.15, -0.1) is 10.2 Å². The van der Waals surface area contributed by atoms with Crippen LogP contribution < -0.4 is 5.32 Å². The lowest BCUT2D eigenvalue weighted by Gasteiger charge is -2.06. The number of fused-ring (bicyclic) bond motifs is 1. The summed E-state index contributed by atoms with van der Waals surface area (Å²) in [7, 11) is 0. The molecule has 4 rings (SSSR count). The van der Waals surface area contributed by atoms with Gasteiger partial charge in [0.05, 0.1) is 11.4 Å². The molecule has 0 saturated carbocycles. The van der Waals surface area contributed by atoms with E-state index in [0.717, 1.165) is 15.7 Å². The van der Waals surface area contributed by atoms with Crippen molar-refractivity contribution < 1.29 is 9.59 Å². The van der Waals surface area contributed by atoms with Gasteiger partial charge >= 0.3 is 0 Å². The van der Waals surface area contributed by atoms with Gasteiger partial charge in [-0.25, -0.2) is 0 Å². The zero-order valence-electron chi connectivity index (χ0n) is 15.9. The Kier molecular flexibility index (Phi) is 5.91. The van der Waals surface area contributed by atoms with Crippen molar-refractivity contribution >= 4 is 50.7 Å². The van der Waals surface area contributed by atoms with Crippen molar-refractivity contribution in [2.45, 2.75) is 12.1 Å². The van der Waals surface area contributed by atoms with Crippen LogP contribution in [0.2, 0.25) is 0 Å². The van der Waals surface area contributed by atoms with Gasteiger partial charge in [-0.05, 0) is 55.5 Å². The average molecular weight is 482 g/mol. The van der Waals surface area contributed by atoms with Gasteiger partial charge in [-0.3, -0.25) is 9.59 Å². The summed E-state index contributed by atoms with van der Waals surface area (Å²) >= 11 is 4.68. The SMILES string of the molecule is CC(=O)c1ccc(NC(=O)CSc2nnc3ccc(-c4ccc(Br)cc4)nn23)cc1. The maximum Gasteiger partial charge on any atom is 0.234 e. The Labute approximate surface area is 185 Å². The van der Waals surface area contributed by atoms with Crippen molar-refractivity contribution in [3.05, 3.63) is 70.7 Å². The third-order valence-corrected chi connectivity index (χ3v) is 5.73. The molecular formula is C21H16BrN5O2S. The van der Waals surface area contributed by atoms with Gasteiger partial charge in [0.15, 0.2) is 11.4 Å². The summed E-state index contributed by atoms with van der Waals surface area (Å²) in [4.78, 5) is 23.6. The van der Waals surface area contributed by atoms with E-state index in [-0.39, 0.29) is 17.4 Å². The minimum atomic E-state index is -0.184. The van der Waals surface area contributed by atoms with Gasteiger partial charge in [-0.1, -0.05) is 39.8 Å². The lowest BCUT2D eigenvalue weighted by molar-refractivity contribution is -0.113. The molecule has 4 aromatic rings. The fraction of sp³-hybridized carbons (Fsp3) is 0.0952. The molecule has 2 aromatic heterocycles. The predicted octanol–water partition coefficient (Wildman–Crippen LogP) is 4.49. The number of halogens is 1. The maximum absolute atomic E-state index is 12.3. The molecule has 30 heavy (non-hydrogen) atoms. The lowest BCUT2D eigenvalue weighted by atomic mass is 10.1. The predicted molar refractivity (Wildman–Crippen MR) is 120 cm³/mol. The van der Waals surface area contributed by atoms with Crippen LogP contribution in [0.25, 0.3) is 16.9 Å². The molecule has 0 aliphatic rings. The third-order valence-electron chi connectivity index (χ3n) is 4.28. The molecule has 2 heterocycles. The van der Waals surface area contributed by atoms with E-state index in [2.05, 4.69) is 36.5 Å². The van der Waals surface area contributed by atoms with Crippen LogP contribution in [-0.4, -0.2) is 37.3 Å². The fourth-order valence-electron chi connectivity index (χ4n) is 2.75. The van der Waals surface area contributed by atoms with E-state index in [9.17, 15) is 9.59 Å². The number of carbonyl (C=O) groups excluding carboxylic acids is 2. The van der Waals surface area contributed by atoms with Crippen molar-refractivity contribution in [3.8, 4) is 11.3 Å². The van der Waals surface area contributed by atoms with Crippen LogP contribution in [0.1, 0.15) is 17.3 Å². The molecule has 9 heteroatoms. The summed E-state index contributed by atoms with van der Waals surface area (Å²) in [6, 6.07) is 18.4. The Morgan fingerprint density at radius 3 is 2.43 bits per heavy atom. The first-order chi connectivity index (χ1) is 14.5. The van der Waals surface area contributed by atoms with Crippen molar-refractivity contribution in [2.24, 2.45) is 0 Å². The first kappa shape index (κ1) is 20.2. The number of thioether (sulfide) groups is 1. The maximum atomic E-state index is 12.3. The number of rotatable bonds is 6. The van der Waals surface area contributed by atoms with E-state index in [1.807, 2.05) is 36.4 Å². The Morgan fingerprint density at radius 1 is 1.00 bits per heavy atom. The largest absolute Gasteiger partial charge is 0.325 e. The van der Waals surface area contributed by atoms with Crippen LogP contribution in [0.5, 0.6) is 0 Å². The topological polar surface area (TPSA) is 89.2 Å². The molecule has 1 amide bonds. The third kappa shape index (κ3) is 4.58. The van der Waals surface area contributed by atoms with E-state index in [0.29, 0.717) is 22.1 Å². The number of amides is 1. The number of nitrogens with zero attached hydrogens (tertiary/aromatic N) is 4. The summed E-state index contributed by atoms with van der Waals surface area (Å²) in [5, 5.41) is 16.2. The Morgan fingerprint density at radius 2 is 1.73 bits per heavy atom. The minimum Gasteiger partial charge on any atom is -0.325 e. The number of hydrogen-bond acceptors (Lipinski definition) is 6. The van der Waals surface area contributed by atoms with Gasteiger partial charge < -0.3 is 5.32 Å². The van der Waals surface area contributed by atoms with Gasteiger partial charge in [0, 0.05) is 21.3 Å². The van der Waals surface area contributed by atoms with E-state index >= 15 is 0 Å². The van der Waals surface area contributed by atoms with Crippen LogP contribution in [0.15, 0.2) is 70.3 Å². The number of anilines is 1. The molecule has 0 aliphatic carbocycles. The van der Waals surface area contributed by atoms with Crippen LogP contribution in [-0.2, 0) is 4.79 Å². The Hall–Kier alpha value is -3.04. The highest BCUT2D eigenvalue weighted by Crippen LogP contribution is 2.22. The van der Waals surface area contributed by atoms with Crippen molar-refractivity contribution in [1.29, 1.82) is 0 Å². The van der Waals surface area contributed by atoms with Crippen LogP contribution >= 0.6 is 27.7 Å². The molecule has 7 nitrogen and oxygen atoms in total. The summed E-state index contributed by atoms with van der Waals surface area (Å²) in [5.74, 6) is -0.0482.